The summed E-state index contributed by atoms with van der Waals surface area (Å²) in [6.45, 7) is 0.397. The Balaban J connectivity index is 1.90. The first-order valence-electron chi connectivity index (χ1n) is 4.99. The molecule has 0 radical (unpaired) electrons. The number of halogens is 1. The lowest BCUT2D eigenvalue weighted by atomic mass is 10.5. The summed E-state index contributed by atoms with van der Waals surface area (Å²) in [5.74, 6) is 0. The average molecular weight is 257 g/mol. The van der Waals surface area contributed by atoms with E-state index < -0.39 is 0 Å². The molecule has 16 heavy (non-hydrogen) atoms. The molecule has 0 aromatic carbocycles. The van der Waals surface area contributed by atoms with Crippen molar-refractivity contribution in [2.24, 2.45) is 0 Å². The van der Waals surface area contributed by atoms with E-state index in [1.807, 2.05) is 6.20 Å². The summed E-state index contributed by atoms with van der Waals surface area (Å²) in [5.41, 5.74) is 0.661. The van der Waals surface area contributed by atoms with Gasteiger partial charge in [0.2, 0.25) is 0 Å². The number of rotatable bonds is 3. The number of nitrogens with zero attached hydrogens (tertiary/aromatic N) is 4. The summed E-state index contributed by atoms with van der Waals surface area (Å²) in [6.07, 6.45) is 5.80. The second-order valence-corrected chi connectivity index (χ2v) is 5.20. The Bertz CT molecular complexity index is 568. The topological polar surface area (TPSA) is 52.7 Å². The van der Waals surface area contributed by atoms with Crippen molar-refractivity contribution in [2.75, 3.05) is 0 Å². The minimum atomic E-state index is 0.00608. The molecule has 2 aromatic heterocycles. The minimum Gasteiger partial charge on any atom is -0.296 e. The maximum absolute atomic E-state index is 11.9. The fourth-order valence-corrected chi connectivity index (χ4v) is 2.24. The van der Waals surface area contributed by atoms with Crippen LogP contribution in [0.3, 0.4) is 0 Å². The van der Waals surface area contributed by atoms with Crippen LogP contribution in [-0.2, 0) is 6.54 Å². The first-order valence-corrected chi connectivity index (χ1v) is 6.15. The quantitative estimate of drug-likeness (QED) is 0.837. The Kier molecular flexibility index (Phi) is 2.33. The molecule has 2 aromatic rings. The van der Waals surface area contributed by atoms with Crippen LogP contribution in [0, 0.1) is 0 Å². The molecule has 0 aliphatic heterocycles. The van der Waals surface area contributed by atoms with E-state index in [1.54, 1.807) is 15.3 Å². The molecule has 7 heteroatoms. The zero-order valence-electron chi connectivity index (χ0n) is 8.34. The average Bonchev–Trinajstić information content (AvgIpc) is 2.94. The van der Waals surface area contributed by atoms with Crippen molar-refractivity contribution in [3.63, 3.8) is 0 Å². The van der Waals surface area contributed by atoms with Crippen molar-refractivity contribution in [1.29, 1.82) is 0 Å². The van der Waals surface area contributed by atoms with Crippen molar-refractivity contribution >= 4 is 23.1 Å². The van der Waals surface area contributed by atoms with Gasteiger partial charge in [0.1, 0.15) is 10.0 Å². The highest BCUT2D eigenvalue weighted by Crippen LogP contribution is 2.33. The molecule has 84 valence electrons. The van der Waals surface area contributed by atoms with Gasteiger partial charge in [0.15, 0.2) is 0 Å². The van der Waals surface area contributed by atoms with E-state index in [0.29, 0.717) is 22.6 Å². The second kappa shape index (κ2) is 3.71. The van der Waals surface area contributed by atoms with Gasteiger partial charge in [0.05, 0.1) is 6.54 Å². The predicted molar refractivity (Wildman–Crippen MR) is 61.0 cm³/mol. The lowest BCUT2D eigenvalue weighted by Crippen LogP contribution is -2.24. The number of hydrogen-bond donors (Lipinski definition) is 0. The van der Waals surface area contributed by atoms with Crippen molar-refractivity contribution in [3.8, 4) is 0 Å². The highest BCUT2D eigenvalue weighted by atomic mass is 35.5. The minimum absolute atomic E-state index is 0.00608. The van der Waals surface area contributed by atoms with Gasteiger partial charge in [0.25, 0.3) is 0 Å². The molecule has 0 bridgehead atoms. The van der Waals surface area contributed by atoms with E-state index in [9.17, 15) is 4.79 Å². The van der Waals surface area contributed by atoms with Crippen LogP contribution in [-0.4, -0.2) is 18.7 Å². The van der Waals surface area contributed by atoms with Crippen LogP contribution in [0.5, 0.6) is 0 Å². The van der Waals surface area contributed by atoms with Gasteiger partial charge < -0.3 is 0 Å². The Hall–Kier alpha value is -1.14. The van der Waals surface area contributed by atoms with E-state index in [1.165, 1.54) is 0 Å². The maximum Gasteiger partial charge on any atom is 0.328 e. The molecule has 1 aliphatic carbocycles. The van der Waals surface area contributed by atoms with Crippen molar-refractivity contribution in [3.05, 3.63) is 32.9 Å². The third kappa shape index (κ3) is 1.68. The first kappa shape index (κ1) is 10.0. The van der Waals surface area contributed by atoms with Gasteiger partial charge in [0, 0.05) is 30.0 Å². The standard InChI is InChI=1S/C9H9ClN4OS/c10-8-7(11-12-16-8)5-13-3-4-14(9(13)15)6-1-2-6/h3-4,6H,1-2,5H2. The van der Waals surface area contributed by atoms with Crippen molar-refractivity contribution in [2.45, 2.75) is 25.4 Å². The van der Waals surface area contributed by atoms with Gasteiger partial charge >= 0.3 is 5.69 Å². The van der Waals surface area contributed by atoms with Crippen LogP contribution in [0.1, 0.15) is 24.6 Å². The molecule has 0 N–H and O–H groups in total. The molecule has 0 saturated heterocycles. The molecule has 0 spiro atoms. The van der Waals surface area contributed by atoms with Gasteiger partial charge in [-0.1, -0.05) is 16.1 Å². The summed E-state index contributed by atoms with van der Waals surface area (Å²) < 4.78 is 7.67. The monoisotopic (exact) mass is 256 g/mol. The van der Waals surface area contributed by atoms with E-state index in [4.69, 9.17) is 11.6 Å². The van der Waals surface area contributed by atoms with Crippen LogP contribution < -0.4 is 5.69 Å². The first-order chi connectivity index (χ1) is 7.75. The lowest BCUT2D eigenvalue weighted by molar-refractivity contribution is 0.650. The van der Waals surface area contributed by atoms with E-state index in [-0.39, 0.29) is 5.69 Å². The molecular formula is C9H9ClN4OS. The fraction of sp³-hybridized carbons (Fsp3) is 0.444. The maximum atomic E-state index is 11.9. The van der Waals surface area contributed by atoms with Gasteiger partial charge in [-0.2, -0.15) is 0 Å². The number of aromatic nitrogens is 4. The highest BCUT2D eigenvalue weighted by molar-refractivity contribution is 7.10. The fourth-order valence-electron chi connectivity index (χ4n) is 1.63. The molecule has 0 unspecified atom stereocenters. The van der Waals surface area contributed by atoms with Gasteiger partial charge in [-0.15, -0.1) is 5.10 Å². The van der Waals surface area contributed by atoms with Crippen molar-refractivity contribution in [1.82, 2.24) is 18.7 Å². The van der Waals surface area contributed by atoms with Crippen LogP contribution in [0.25, 0.3) is 0 Å². The van der Waals surface area contributed by atoms with Gasteiger partial charge in [-0.05, 0) is 12.8 Å². The Morgan fingerprint density at radius 3 is 2.94 bits per heavy atom. The smallest absolute Gasteiger partial charge is 0.296 e. The van der Waals surface area contributed by atoms with E-state index in [2.05, 4.69) is 9.59 Å². The van der Waals surface area contributed by atoms with Crippen molar-refractivity contribution < 1.29 is 0 Å². The molecule has 1 aliphatic rings. The summed E-state index contributed by atoms with van der Waals surface area (Å²) in [5, 5.41) is 3.89. The van der Waals surface area contributed by atoms with Gasteiger partial charge in [-0.3, -0.25) is 9.13 Å². The highest BCUT2D eigenvalue weighted by Gasteiger charge is 2.25. The summed E-state index contributed by atoms with van der Waals surface area (Å²) in [7, 11) is 0. The number of hydrogen-bond acceptors (Lipinski definition) is 4. The third-order valence-electron chi connectivity index (χ3n) is 2.64. The lowest BCUT2D eigenvalue weighted by Gasteiger charge is -1.98. The Morgan fingerprint density at radius 1 is 1.50 bits per heavy atom. The van der Waals surface area contributed by atoms with Gasteiger partial charge in [-0.25, -0.2) is 4.79 Å². The molecule has 1 saturated carbocycles. The molecule has 0 atom stereocenters. The zero-order valence-corrected chi connectivity index (χ0v) is 9.91. The third-order valence-corrected chi connectivity index (χ3v) is 3.63. The Labute approximate surface area is 100 Å². The van der Waals surface area contributed by atoms with E-state index in [0.717, 1.165) is 24.4 Å². The SMILES string of the molecule is O=c1n(Cc2nnsc2Cl)ccn1C1CC1. The molecule has 5 nitrogen and oxygen atoms in total. The Morgan fingerprint density at radius 2 is 2.31 bits per heavy atom. The molecule has 3 rings (SSSR count). The number of imidazole rings is 1. The zero-order chi connectivity index (χ0) is 11.1. The largest absolute Gasteiger partial charge is 0.328 e. The van der Waals surface area contributed by atoms with E-state index >= 15 is 0 Å². The van der Waals surface area contributed by atoms with Crippen LogP contribution in [0.4, 0.5) is 0 Å². The summed E-state index contributed by atoms with van der Waals surface area (Å²) in [4.78, 5) is 11.9. The summed E-state index contributed by atoms with van der Waals surface area (Å²) in [6, 6.07) is 0.401. The second-order valence-electron chi connectivity index (χ2n) is 3.84. The van der Waals surface area contributed by atoms with Crippen LogP contribution in [0.15, 0.2) is 17.2 Å². The van der Waals surface area contributed by atoms with Crippen LogP contribution in [0.2, 0.25) is 4.34 Å². The predicted octanol–water partition coefficient (Wildman–Crippen LogP) is 1.54. The summed E-state index contributed by atoms with van der Waals surface area (Å²) >= 11 is 7.03. The molecular weight excluding hydrogens is 248 g/mol. The molecule has 2 heterocycles. The normalized spacial score (nSPS) is 15.6. The molecule has 0 amide bonds. The molecule has 1 fully saturated rings. The van der Waals surface area contributed by atoms with Crippen LogP contribution >= 0.6 is 23.1 Å².